The highest BCUT2D eigenvalue weighted by molar-refractivity contribution is 7.86. The molecule has 0 amide bonds. The van der Waals surface area contributed by atoms with E-state index in [0.717, 1.165) is 28.6 Å². The minimum Gasteiger partial charge on any atom is -0.381 e. The Morgan fingerprint density at radius 2 is 1.93 bits per heavy atom. The number of Topliss-reactive ketones (excluding diaryl/α,β-unsaturated/α-hetero) is 1. The maximum atomic E-state index is 13.1. The number of aryl methyl sites for hydroxylation is 2. The number of carbonyl (C=O) groups is 1. The highest BCUT2D eigenvalue weighted by atomic mass is 32.2. The van der Waals surface area contributed by atoms with E-state index >= 15 is 0 Å². The Bertz CT molecular complexity index is 978. The monoisotopic (exact) mass is 405 g/mol. The highest BCUT2D eigenvalue weighted by Crippen LogP contribution is 2.34. The minimum atomic E-state index is -4.58. The molecule has 1 aromatic carbocycles. The van der Waals surface area contributed by atoms with E-state index in [-0.39, 0.29) is 6.10 Å². The van der Waals surface area contributed by atoms with Crippen molar-refractivity contribution in [2.45, 2.75) is 57.3 Å². The van der Waals surface area contributed by atoms with Crippen LogP contribution in [0.5, 0.6) is 0 Å². The normalized spacial score (nSPS) is 21.6. The molecule has 6 nitrogen and oxygen atoms in total. The van der Waals surface area contributed by atoms with Crippen molar-refractivity contribution in [3.8, 4) is 0 Å². The second kappa shape index (κ2) is 8.27. The van der Waals surface area contributed by atoms with Gasteiger partial charge in [-0.15, -0.1) is 0 Å². The van der Waals surface area contributed by atoms with Crippen molar-refractivity contribution in [3.05, 3.63) is 41.1 Å². The van der Waals surface area contributed by atoms with E-state index in [1.165, 1.54) is 0 Å². The average molecular weight is 406 g/mol. The van der Waals surface area contributed by atoms with Crippen molar-refractivity contribution < 1.29 is 22.5 Å². The second-order valence-electron chi connectivity index (χ2n) is 7.55. The minimum absolute atomic E-state index is 0.107. The summed E-state index contributed by atoms with van der Waals surface area (Å²) in [5.74, 6) is -0.830. The topological polar surface area (TPSA) is 93.6 Å². The summed E-state index contributed by atoms with van der Waals surface area (Å²) in [6.45, 7) is 3.97. The molecule has 0 radical (unpaired) electrons. The van der Waals surface area contributed by atoms with Gasteiger partial charge in [0.25, 0.3) is 10.1 Å². The number of nitrogens with zero attached hydrogens (tertiary/aromatic N) is 1. The summed E-state index contributed by atoms with van der Waals surface area (Å²) in [4.78, 5) is 17.6. The third kappa shape index (κ3) is 4.26. The van der Waals surface area contributed by atoms with E-state index in [1.807, 2.05) is 19.9 Å². The standard InChI is InChI=1S/C21H27NO5S/c1-4-14-11-17-12-16(7-10-19(17)22-13(14)2)21(28(24,25)26)20(23)15-5-8-18(27-3)9-6-15/h7,10-12,15,18,21H,4-6,8-9H2,1-3H3,(H,24,25,26). The molecule has 1 atom stereocenters. The summed E-state index contributed by atoms with van der Waals surface area (Å²) in [5, 5.41) is -0.795. The quantitative estimate of drug-likeness (QED) is 0.735. The van der Waals surface area contributed by atoms with Crippen LogP contribution in [-0.4, -0.2) is 37.0 Å². The van der Waals surface area contributed by atoms with Gasteiger partial charge in [0.2, 0.25) is 0 Å². The fourth-order valence-electron chi connectivity index (χ4n) is 4.14. The Kier molecular flexibility index (Phi) is 6.17. The zero-order valence-corrected chi connectivity index (χ0v) is 17.3. The number of pyridine rings is 1. The summed E-state index contributed by atoms with van der Waals surface area (Å²) in [6.07, 6.45) is 3.48. The zero-order chi connectivity index (χ0) is 20.5. The second-order valence-corrected chi connectivity index (χ2v) is 9.05. The first-order valence-corrected chi connectivity index (χ1v) is 11.2. The molecule has 1 N–H and O–H groups in total. The van der Waals surface area contributed by atoms with Crippen LogP contribution in [0.1, 0.15) is 54.7 Å². The third-order valence-corrected chi connectivity index (χ3v) is 6.88. The molecule has 3 rings (SSSR count). The zero-order valence-electron chi connectivity index (χ0n) is 16.5. The molecule has 152 valence electrons. The summed E-state index contributed by atoms with van der Waals surface area (Å²) in [6, 6.07) is 6.93. The third-order valence-electron chi connectivity index (χ3n) is 5.78. The lowest BCUT2D eigenvalue weighted by Crippen LogP contribution is -2.32. The van der Waals surface area contributed by atoms with Gasteiger partial charge in [-0.25, -0.2) is 0 Å². The first-order chi connectivity index (χ1) is 13.2. The predicted molar refractivity (Wildman–Crippen MR) is 108 cm³/mol. The number of benzene rings is 1. The molecule has 0 saturated heterocycles. The summed E-state index contributed by atoms with van der Waals surface area (Å²) in [7, 11) is -2.94. The largest absolute Gasteiger partial charge is 0.381 e. The first kappa shape index (κ1) is 20.9. The molecule has 1 heterocycles. The van der Waals surface area contributed by atoms with E-state index in [0.29, 0.717) is 31.2 Å². The van der Waals surface area contributed by atoms with Crippen LogP contribution in [0.25, 0.3) is 10.9 Å². The van der Waals surface area contributed by atoms with E-state index < -0.39 is 27.1 Å². The van der Waals surface area contributed by atoms with Crippen LogP contribution < -0.4 is 0 Å². The molecule has 0 spiro atoms. The van der Waals surface area contributed by atoms with Crippen LogP contribution in [0, 0.1) is 12.8 Å². The Balaban J connectivity index is 1.98. The molecule has 1 unspecified atom stereocenters. The van der Waals surface area contributed by atoms with Crippen molar-refractivity contribution in [1.29, 1.82) is 0 Å². The van der Waals surface area contributed by atoms with Crippen LogP contribution in [0.2, 0.25) is 0 Å². The average Bonchev–Trinajstić information content (AvgIpc) is 2.66. The number of hydrogen-bond acceptors (Lipinski definition) is 5. The summed E-state index contributed by atoms with van der Waals surface area (Å²) >= 11 is 0. The van der Waals surface area contributed by atoms with Crippen LogP contribution in [0.15, 0.2) is 24.3 Å². The van der Waals surface area contributed by atoms with Crippen molar-refractivity contribution in [2.75, 3.05) is 7.11 Å². The van der Waals surface area contributed by atoms with E-state index in [9.17, 15) is 17.8 Å². The van der Waals surface area contributed by atoms with Crippen LogP contribution in [0.3, 0.4) is 0 Å². The van der Waals surface area contributed by atoms with E-state index in [4.69, 9.17) is 4.74 Å². The van der Waals surface area contributed by atoms with Gasteiger partial charge in [0.15, 0.2) is 11.0 Å². The SMILES string of the molecule is CCc1cc2cc(C(C(=O)C3CCC(OC)CC3)S(=O)(=O)O)ccc2nc1C. The molecule has 1 aromatic heterocycles. The number of aromatic nitrogens is 1. The van der Waals surface area contributed by atoms with Crippen LogP contribution >= 0.6 is 0 Å². The smallest absolute Gasteiger partial charge is 0.279 e. The van der Waals surface area contributed by atoms with E-state index in [2.05, 4.69) is 4.98 Å². The van der Waals surface area contributed by atoms with Crippen molar-refractivity contribution in [2.24, 2.45) is 5.92 Å². The molecule has 1 saturated carbocycles. The molecular weight excluding hydrogens is 378 g/mol. The molecule has 1 aliphatic rings. The van der Waals surface area contributed by atoms with Crippen LogP contribution in [0.4, 0.5) is 0 Å². The molecule has 0 bridgehead atoms. The number of methoxy groups -OCH3 is 1. The first-order valence-electron chi connectivity index (χ1n) is 9.67. The van der Waals surface area contributed by atoms with Crippen molar-refractivity contribution in [1.82, 2.24) is 4.98 Å². The lowest BCUT2D eigenvalue weighted by molar-refractivity contribution is -0.124. The fourth-order valence-corrected chi connectivity index (χ4v) is 5.11. The predicted octanol–water partition coefficient (Wildman–Crippen LogP) is 3.81. The van der Waals surface area contributed by atoms with Gasteiger partial charge in [0.05, 0.1) is 11.6 Å². The van der Waals surface area contributed by atoms with Gasteiger partial charge < -0.3 is 4.74 Å². The number of ketones is 1. The maximum absolute atomic E-state index is 13.1. The van der Waals surface area contributed by atoms with Gasteiger partial charge in [-0.05, 0) is 68.4 Å². The molecule has 2 aromatic rings. The molecule has 1 aliphatic carbocycles. The Hall–Kier alpha value is -1.83. The van der Waals surface area contributed by atoms with E-state index in [1.54, 1.807) is 25.3 Å². The summed E-state index contributed by atoms with van der Waals surface area (Å²) in [5.41, 5.74) is 3.03. The number of carbonyl (C=O) groups excluding carboxylic acids is 1. The van der Waals surface area contributed by atoms with Gasteiger partial charge in [-0.3, -0.25) is 14.3 Å². The summed E-state index contributed by atoms with van der Waals surface area (Å²) < 4.78 is 39.5. The Labute approximate surface area is 166 Å². The Morgan fingerprint density at radius 1 is 1.25 bits per heavy atom. The highest BCUT2D eigenvalue weighted by Gasteiger charge is 2.38. The van der Waals surface area contributed by atoms with Crippen molar-refractivity contribution >= 4 is 26.8 Å². The molecule has 0 aliphatic heterocycles. The molecule has 28 heavy (non-hydrogen) atoms. The molecule has 1 fully saturated rings. The number of ether oxygens (including phenoxy) is 1. The Morgan fingerprint density at radius 3 is 2.50 bits per heavy atom. The van der Waals surface area contributed by atoms with Gasteiger partial charge in [-0.2, -0.15) is 8.42 Å². The van der Waals surface area contributed by atoms with Gasteiger partial charge in [-0.1, -0.05) is 13.0 Å². The van der Waals surface area contributed by atoms with Gasteiger partial charge >= 0.3 is 0 Å². The van der Waals surface area contributed by atoms with Crippen molar-refractivity contribution in [3.63, 3.8) is 0 Å². The maximum Gasteiger partial charge on any atom is 0.279 e. The number of hydrogen-bond donors (Lipinski definition) is 1. The van der Waals surface area contributed by atoms with Gasteiger partial charge in [0.1, 0.15) is 0 Å². The van der Waals surface area contributed by atoms with Gasteiger partial charge in [0, 0.05) is 24.1 Å². The number of fused-ring (bicyclic) bond motifs is 1. The lowest BCUT2D eigenvalue weighted by Gasteiger charge is -2.28. The lowest BCUT2D eigenvalue weighted by atomic mass is 9.82. The number of rotatable bonds is 6. The molecule has 7 heteroatoms. The molecular formula is C21H27NO5S. The fraction of sp³-hybridized carbons (Fsp3) is 0.524. The van der Waals surface area contributed by atoms with Crippen LogP contribution in [-0.2, 0) is 26.1 Å².